The Hall–Kier alpha value is -2.09. The molecule has 8 heteroatoms. The third-order valence-electron chi connectivity index (χ3n) is 4.12. The number of nitrogens with one attached hydrogen (secondary N) is 2. The number of nitrogens with zero attached hydrogens (tertiary/aromatic N) is 1. The molecule has 1 fully saturated rings. The van der Waals surface area contributed by atoms with Crippen molar-refractivity contribution in [1.82, 2.24) is 10.2 Å². The molecule has 0 radical (unpaired) electrons. The predicted octanol–water partition coefficient (Wildman–Crippen LogP) is 2.57. The number of rotatable bonds is 4. The molecule has 1 atom stereocenters. The summed E-state index contributed by atoms with van der Waals surface area (Å²) in [5, 5.41) is 3.71. The standard InChI is InChI=1S/C18H20ClN3O3S/c1-13-12-22(9-8-20-13)18(23)14-4-2-7-17(10-14)26(24,25)21-16-6-3-5-15(19)11-16/h2-7,10-11,13,20-21H,8-9,12H2,1H3. The first kappa shape index (κ1) is 18.7. The maximum Gasteiger partial charge on any atom is 0.261 e. The van der Waals surface area contributed by atoms with Crippen molar-refractivity contribution >= 4 is 33.2 Å². The van der Waals surface area contributed by atoms with Crippen molar-refractivity contribution < 1.29 is 13.2 Å². The van der Waals surface area contributed by atoms with Gasteiger partial charge in [-0.2, -0.15) is 0 Å². The Kier molecular flexibility index (Phi) is 5.50. The molecule has 0 aliphatic carbocycles. The van der Waals surface area contributed by atoms with Crippen LogP contribution in [-0.4, -0.2) is 44.9 Å². The highest BCUT2D eigenvalue weighted by Gasteiger charge is 2.23. The van der Waals surface area contributed by atoms with Crippen LogP contribution in [0.15, 0.2) is 53.4 Å². The first-order valence-electron chi connectivity index (χ1n) is 8.26. The van der Waals surface area contributed by atoms with E-state index in [1.54, 1.807) is 35.2 Å². The average Bonchev–Trinajstić information content (AvgIpc) is 2.61. The van der Waals surface area contributed by atoms with Crippen LogP contribution in [-0.2, 0) is 10.0 Å². The second-order valence-corrected chi connectivity index (χ2v) is 8.37. The molecule has 1 saturated heterocycles. The van der Waals surface area contributed by atoms with Gasteiger partial charge < -0.3 is 10.2 Å². The summed E-state index contributed by atoms with van der Waals surface area (Å²) in [6, 6.07) is 12.7. The van der Waals surface area contributed by atoms with E-state index in [-0.39, 0.29) is 16.8 Å². The Labute approximate surface area is 158 Å². The molecular weight excluding hydrogens is 374 g/mol. The van der Waals surface area contributed by atoms with Crippen LogP contribution in [0.25, 0.3) is 0 Å². The zero-order valence-corrected chi connectivity index (χ0v) is 15.8. The van der Waals surface area contributed by atoms with Crippen molar-refractivity contribution in [2.24, 2.45) is 0 Å². The highest BCUT2D eigenvalue weighted by Crippen LogP contribution is 2.20. The van der Waals surface area contributed by atoms with Gasteiger partial charge in [-0.1, -0.05) is 23.7 Å². The molecule has 0 spiro atoms. The van der Waals surface area contributed by atoms with Crippen LogP contribution in [0, 0.1) is 0 Å². The highest BCUT2D eigenvalue weighted by molar-refractivity contribution is 7.92. The van der Waals surface area contributed by atoms with Gasteiger partial charge in [0.1, 0.15) is 0 Å². The van der Waals surface area contributed by atoms with Crippen LogP contribution < -0.4 is 10.0 Å². The lowest BCUT2D eigenvalue weighted by molar-refractivity contribution is 0.0709. The molecule has 3 rings (SSSR count). The van der Waals surface area contributed by atoms with Crippen LogP contribution in [0.3, 0.4) is 0 Å². The number of anilines is 1. The molecule has 2 aromatic rings. The third-order valence-corrected chi connectivity index (χ3v) is 5.74. The number of halogens is 1. The van der Waals surface area contributed by atoms with E-state index in [0.29, 0.717) is 29.4 Å². The zero-order valence-electron chi connectivity index (χ0n) is 14.3. The molecule has 26 heavy (non-hydrogen) atoms. The number of sulfonamides is 1. The van der Waals surface area contributed by atoms with Gasteiger partial charge >= 0.3 is 0 Å². The summed E-state index contributed by atoms with van der Waals surface area (Å²) in [6.07, 6.45) is 0. The van der Waals surface area contributed by atoms with Gasteiger partial charge in [0.2, 0.25) is 0 Å². The topological polar surface area (TPSA) is 78.5 Å². The molecule has 0 saturated carbocycles. The summed E-state index contributed by atoms with van der Waals surface area (Å²) in [7, 11) is -3.82. The summed E-state index contributed by atoms with van der Waals surface area (Å²) < 4.78 is 27.7. The maximum absolute atomic E-state index is 12.7. The van der Waals surface area contributed by atoms with Gasteiger partial charge in [0, 0.05) is 36.3 Å². The SMILES string of the molecule is CC1CN(C(=O)c2cccc(S(=O)(=O)Nc3cccc(Cl)c3)c2)CCN1. The molecule has 1 aliphatic heterocycles. The minimum absolute atomic E-state index is 0.0338. The van der Waals surface area contributed by atoms with Crippen molar-refractivity contribution in [2.45, 2.75) is 17.9 Å². The lowest BCUT2D eigenvalue weighted by atomic mass is 10.1. The van der Waals surface area contributed by atoms with Crippen LogP contribution in [0.1, 0.15) is 17.3 Å². The number of amides is 1. The van der Waals surface area contributed by atoms with Crippen LogP contribution in [0.2, 0.25) is 5.02 Å². The molecule has 1 amide bonds. The summed E-state index contributed by atoms with van der Waals surface area (Å²) in [6.45, 7) is 3.92. The van der Waals surface area contributed by atoms with Crippen molar-refractivity contribution in [3.8, 4) is 0 Å². The molecule has 2 N–H and O–H groups in total. The van der Waals surface area contributed by atoms with E-state index < -0.39 is 10.0 Å². The predicted molar refractivity (Wildman–Crippen MR) is 102 cm³/mol. The van der Waals surface area contributed by atoms with Crippen LogP contribution in [0.4, 0.5) is 5.69 Å². The summed E-state index contributed by atoms with van der Waals surface area (Å²) in [4.78, 5) is 14.5. The fourth-order valence-corrected chi connectivity index (χ4v) is 4.15. The molecule has 6 nitrogen and oxygen atoms in total. The Morgan fingerprint density at radius 1 is 1.23 bits per heavy atom. The van der Waals surface area contributed by atoms with Crippen molar-refractivity contribution in [2.75, 3.05) is 24.4 Å². The van der Waals surface area contributed by atoms with Gasteiger partial charge in [0.15, 0.2) is 0 Å². The molecule has 1 heterocycles. The minimum atomic E-state index is -3.82. The zero-order chi connectivity index (χ0) is 18.7. The Bertz CT molecular complexity index is 917. The third kappa shape index (κ3) is 4.35. The number of benzene rings is 2. The Balaban J connectivity index is 1.83. The van der Waals surface area contributed by atoms with Gasteiger partial charge in [-0.3, -0.25) is 9.52 Å². The van der Waals surface area contributed by atoms with Gasteiger partial charge in [-0.05, 0) is 43.3 Å². The van der Waals surface area contributed by atoms with E-state index in [2.05, 4.69) is 10.0 Å². The van der Waals surface area contributed by atoms with Crippen LogP contribution >= 0.6 is 11.6 Å². The van der Waals surface area contributed by atoms with Gasteiger partial charge in [-0.15, -0.1) is 0 Å². The average molecular weight is 394 g/mol. The number of piperazine rings is 1. The van der Waals surface area contributed by atoms with E-state index in [1.807, 2.05) is 6.92 Å². The Morgan fingerprint density at radius 2 is 2.00 bits per heavy atom. The smallest absolute Gasteiger partial charge is 0.261 e. The molecule has 138 valence electrons. The fourth-order valence-electron chi connectivity index (χ4n) is 2.86. The lowest BCUT2D eigenvalue weighted by Crippen LogP contribution is -2.51. The molecule has 2 aromatic carbocycles. The van der Waals surface area contributed by atoms with Gasteiger partial charge in [0.05, 0.1) is 10.6 Å². The van der Waals surface area contributed by atoms with Gasteiger partial charge in [0.25, 0.3) is 15.9 Å². The van der Waals surface area contributed by atoms with E-state index in [0.717, 1.165) is 6.54 Å². The van der Waals surface area contributed by atoms with Crippen molar-refractivity contribution in [1.29, 1.82) is 0 Å². The number of carbonyl (C=O) groups excluding carboxylic acids is 1. The van der Waals surface area contributed by atoms with Crippen molar-refractivity contribution in [3.05, 3.63) is 59.1 Å². The van der Waals surface area contributed by atoms with E-state index in [9.17, 15) is 13.2 Å². The first-order chi connectivity index (χ1) is 12.3. The number of hydrogen-bond acceptors (Lipinski definition) is 4. The van der Waals surface area contributed by atoms with Crippen LogP contribution in [0.5, 0.6) is 0 Å². The van der Waals surface area contributed by atoms with Gasteiger partial charge in [-0.25, -0.2) is 8.42 Å². The summed E-state index contributed by atoms with van der Waals surface area (Å²) >= 11 is 5.89. The molecule has 0 bridgehead atoms. The van der Waals surface area contributed by atoms with E-state index in [4.69, 9.17) is 11.6 Å². The molecule has 1 unspecified atom stereocenters. The molecule has 1 aliphatic rings. The fraction of sp³-hybridized carbons (Fsp3) is 0.278. The monoisotopic (exact) mass is 393 g/mol. The maximum atomic E-state index is 12.7. The number of carbonyl (C=O) groups is 1. The van der Waals surface area contributed by atoms with E-state index >= 15 is 0 Å². The second-order valence-electron chi connectivity index (χ2n) is 6.25. The molecule has 0 aromatic heterocycles. The first-order valence-corrected chi connectivity index (χ1v) is 10.1. The summed E-state index contributed by atoms with van der Waals surface area (Å²) in [5.41, 5.74) is 0.721. The molecular formula is C18H20ClN3O3S. The Morgan fingerprint density at radius 3 is 2.73 bits per heavy atom. The highest BCUT2D eigenvalue weighted by atomic mass is 35.5. The minimum Gasteiger partial charge on any atom is -0.336 e. The lowest BCUT2D eigenvalue weighted by Gasteiger charge is -2.32. The second kappa shape index (κ2) is 7.65. The van der Waals surface area contributed by atoms with E-state index in [1.165, 1.54) is 18.2 Å². The quantitative estimate of drug-likeness (QED) is 0.836. The number of hydrogen-bond donors (Lipinski definition) is 2. The van der Waals surface area contributed by atoms with Crippen molar-refractivity contribution in [3.63, 3.8) is 0 Å². The normalized spacial score (nSPS) is 17.8. The largest absolute Gasteiger partial charge is 0.336 e. The summed E-state index contributed by atoms with van der Waals surface area (Å²) in [5.74, 6) is -0.168.